The Balaban J connectivity index is 1.32. The number of rotatable bonds is 5. The largest absolute Gasteiger partial charge is 0.387 e. The van der Waals surface area contributed by atoms with Crippen LogP contribution >= 0.6 is 23.4 Å². The van der Waals surface area contributed by atoms with Gasteiger partial charge in [-0.1, -0.05) is 48.0 Å². The SMILES string of the molecule is CS[C@H]1O[C@@H](c2ccc(Cl)c(Cc3ccc([C@]45CCC(F)(F)C[C@H]4C5)cc3)c2)[C@H](O)[C@@H](O)[C@@H]1O. The lowest BCUT2D eigenvalue weighted by Gasteiger charge is -2.40. The highest BCUT2D eigenvalue weighted by Crippen LogP contribution is 2.65. The Labute approximate surface area is 207 Å². The summed E-state index contributed by atoms with van der Waals surface area (Å²) in [6, 6.07) is 13.6. The molecule has 7 atom stereocenters. The molecule has 0 bridgehead atoms. The maximum Gasteiger partial charge on any atom is 0.248 e. The van der Waals surface area contributed by atoms with E-state index in [0.29, 0.717) is 23.4 Å². The molecular weight excluding hydrogens is 482 g/mol. The van der Waals surface area contributed by atoms with Gasteiger partial charge in [0.1, 0.15) is 29.9 Å². The zero-order chi connectivity index (χ0) is 24.3. The van der Waals surface area contributed by atoms with E-state index < -0.39 is 35.8 Å². The van der Waals surface area contributed by atoms with Crippen LogP contribution in [0, 0.1) is 5.92 Å². The second kappa shape index (κ2) is 9.02. The number of benzene rings is 2. The van der Waals surface area contributed by atoms with Gasteiger partial charge in [0.15, 0.2) is 0 Å². The molecule has 0 radical (unpaired) electrons. The lowest BCUT2D eigenvalue weighted by atomic mass is 9.81. The molecule has 2 aromatic rings. The van der Waals surface area contributed by atoms with Crippen LogP contribution in [-0.4, -0.2) is 51.2 Å². The Kier molecular flexibility index (Phi) is 6.49. The molecule has 34 heavy (non-hydrogen) atoms. The van der Waals surface area contributed by atoms with Crippen molar-refractivity contribution in [3.05, 3.63) is 69.7 Å². The molecular formula is C26H29ClF2O4S. The zero-order valence-electron chi connectivity index (χ0n) is 18.8. The van der Waals surface area contributed by atoms with Gasteiger partial charge in [-0.15, -0.1) is 11.8 Å². The molecule has 2 saturated carbocycles. The Morgan fingerprint density at radius 3 is 2.41 bits per heavy atom. The first kappa shape index (κ1) is 24.5. The summed E-state index contributed by atoms with van der Waals surface area (Å²) >= 11 is 7.74. The zero-order valence-corrected chi connectivity index (χ0v) is 20.4. The third-order valence-electron chi connectivity index (χ3n) is 7.84. The Hall–Kier alpha value is -1.22. The van der Waals surface area contributed by atoms with Crippen LogP contribution in [0.5, 0.6) is 0 Å². The average molecular weight is 511 g/mol. The number of ether oxygens (including phenoxy) is 1. The van der Waals surface area contributed by atoms with Crippen LogP contribution in [0.2, 0.25) is 5.02 Å². The predicted molar refractivity (Wildman–Crippen MR) is 128 cm³/mol. The smallest absolute Gasteiger partial charge is 0.248 e. The van der Waals surface area contributed by atoms with E-state index in [1.165, 1.54) is 11.8 Å². The van der Waals surface area contributed by atoms with Crippen LogP contribution in [0.15, 0.2) is 42.5 Å². The highest BCUT2D eigenvalue weighted by atomic mass is 35.5. The molecule has 3 N–H and O–H groups in total. The van der Waals surface area contributed by atoms with Crippen LogP contribution in [-0.2, 0) is 16.6 Å². The number of fused-ring (bicyclic) bond motifs is 1. The summed E-state index contributed by atoms with van der Waals surface area (Å²) in [6.45, 7) is 0. The van der Waals surface area contributed by atoms with E-state index in [-0.39, 0.29) is 24.2 Å². The Morgan fingerprint density at radius 2 is 1.74 bits per heavy atom. The highest BCUT2D eigenvalue weighted by molar-refractivity contribution is 7.99. The third kappa shape index (κ3) is 4.40. The molecule has 2 aliphatic carbocycles. The fourth-order valence-electron chi connectivity index (χ4n) is 5.72. The number of halogens is 3. The van der Waals surface area contributed by atoms with Crippen molar-refractivity contribution in [2.45, 2.75) is 73.3 Å². The van der Waals surface area contributed by atoms with Crippen LogP contribution in [0.3, 0.4) is 0 Å². The van der Waals surface area contributed by atoms with Gasteiger partial charge in [0.2, 0.25) is 5.92 Å². The molecule has 8 heteroatoms. The van der Waals surface area contributed by atoms with E-state index in [1.54, 1.807) is 18.4 Å². The van der Waals surface area contributed by atoms with Gasteiger partial charge in [-0.2, -0.15) is 0 Å². The van der Waals surface area contributed by atoms with E-state index >= 15 is 0 Å². The van der Waals surface area contributed by atoms with E-state index in [0.717, 1.165) is 23.1 Å². The molecule has 5 rings (SSSR count). The summed E-state index contributed by atoms with van der Waals surface area (Å²) in [5, 5.41) is 31.5. The molecule has 4 nitrogen and oxygen atoms in total. The second-order valence-electron chi connectivity index (χ2n) is 9.97. The number of thioether (sulfide) groups is 1. The summed E-state index contributed by atoms with van der Waals surface area (Å²) in [7, 11) is 0. The normalized spacial score (nSPS) is 36.7. The third-order valence-corrected chi connectivity index (χ3v) is 9.06. The molecule has 1 aliphatic heterocycles. The van der Waals surface area contributed by atoms with Crippen molar-refractivity contribution >= 4 is 23.4 Å². The molecule has 1 saturated heterocycles. The van der Waals surface area contributed by atoms with Crippen molar-refractivity contribution in [1.29, 1.82) is 0 Å². The van der Waals surface area contributed by atoms with Crippen molar-refractivity contribution in [2.24, 2.45) is 5.92 Å². The first-order valence-corrected chi connectivity index (χ1v) is 13.3. The predicted octanol–water partition coefficient (Wildman–Crippen LogP) is 4.85. The molecule has 1 heterocycles. The molecule has 0 unspecified atom stereocenters. The minimum absolute atomic E-state index is 0.00460. The monoisotopic (exact) mass is 510 g/mol. The van der Waals surface area contributed by atoms with Gasteiger partial charge in [-0.05, 0) is 65.2 Å². The lowest BCUT2D eigenvalue weighted by Crippen LogP contribution is -2.52. The van der Waals surface area contributed by atoms with Gasteiger partial charge in [0.25, 0.3) is 0 Å². The molecule has 0 spiro atoms. The van der Waals surface area contributed by atoms with Crippen LogP contribution < -0.4 is 0 Å². The number of hydrogen-bond donors (Lipinski definition) is 3. The van der Waals surface area contributed by atoms with E-state index in [9.17, 15) is 24.1 Å². The summed E-state index contributed by atoms with van der Waals surface area (Å²) in [4.78, 5) is 0. The van der Waals surface area contributed by atoms with Crippen molar-refractivity contribution < 1.29 is 28.8 Å². The van der Waals surface area contributed by atoms with Gasteiger partial charge in [0, 0.05) is 17.9 Å². The highest BCUT2D eigenvalue weighted by Gasteiger charge is 2.61. The lowest BCUT2D eigenvalue weighted by molar-refractivity contribution is -0.200. The second-order valence-corrected chi connectivity index (χ2v) is 11.3. The van der Waals surface area contributed by atoms with Crippen molar-refractivity contribution in [1.82, 2.24) is 0 Å². The van der Waals surface area contributed by atoms with E-state index in [2.05, 4.69) is 12.1 Å². The Morgan fingerprint density at radius 1 is 1.00 bits per heavy atom. The van der Waals surface area contributed by atoms with Crippen LogP contribution in [0.25, 0.3) is 0 Å². The number of alkyl halides is 2. The van der Waals surface area contributed by atoms with E-state index in [1.807, 2.05) is 18.2 Å². The first-order chi connectivity index (χ1) is 16.1. The molecule has 184 valence electrons. The first-order valence-electron chi connectivity index (χ1n) is 11.6. The van der Waals surface area contributed by atoms with Crippen LogP contribution in [0.1, 0.15) is 54.0 Å². The number of aliphatic hydroxyl groups is 3. The van der Waals surface area contributed by atoms with E-state index in [4.69, 9.17) is 16.3 Å². The summed E-state index contributed by atoms with van der Waals surface area (Å²) in [5.74, 6) is -2.44. The topological polar surface area (TPSA) is 69.9 Å². The minimum atomic E-state index is -2.52. The maximum absolute atomic E-state index is 13.7. The van der Waals surface area contributed by atoms with Crippen LogP contribution in [0.4, 0.5) is 8.78 Å². The molecule has 3 fully saturated rings. The Bertz CT molecular complexity index is 1050. The summed E-state index contributed by atoms with van der Waals surface area (Å²) in [6.07, 6.45) is -0.862. The fourth-order valence-corrected chi connectivity index (χ4v) is 6.58. The molecule has 2 aromatic carbocycles. The summed E-state index contributed by atoms with van der Waals surface area (Å²) < 4.78 is 33.3. The fraction of sp³-hybridized carbons (Fsp3) is 0.538. The maximum atomic E-state index is 13.7. The quantitative estimate of drug-likeness (QED) is 0.536. The standard InChI is InChI=1S/C26H29ClF2O4S/c1-34-24-22(32)20(30)21(31)23(33-24)15-4-7-19(27)16(11-15)10-14-2-5-17(6-3-14)25-8-9-26(28,29)13-18(25)12-25/h2-7,11,18,20-24,30-32H,8-10,12-13H2,1H3/t18-,20-,21-,22+,23+,24-,25-/m1/s1. The van der Waals surface area contributed by atoms with Crippen molar-refractivity contribution in [2.75, 3.05) is 6.26 Å². The van der Waals surface area contributed by atoms with Gasteiger partial charge < -0.3 is 20.1 Å². The van der Waals surface area contributed by atoms with Gasteiger partial charge in [-0.3, -0.25) is 0 Å². The minimum Gasteiger partial charge on any atom is -0.387 e. The molecule has 0 amide bonds. The van der Waals surface area contributed by atoms with Crippen molar-refractivity contribution in [3.8, 4) is 0 Å². The van der Waals surface area contributed by atoms with Gasteiger partial charge in [-0.25, -0.2) is 8.78 Å². The number of aliphatic hydroxyl groups excluding tert-OH is 3. The van der Waals surface area contributed by atoms with Gasteiger partial charge in [0.05, 0.1) is 0 Å². The van der Waals surface area contributed by atoms with Crippen molar-refractivity contribution in [3.63, 3.8) is 0 Å². The number of hydrogen-bond acceptors (Lipinski definition) is 5. The summed E-state index contributed by atoms with van der Waals surface area (Å²) in [5.41, 5.74) is 2.98. The molecule has 0 aromatic heterocycles. The molecule has 3 aliphatic rings. The average Bonchev–Trinajstić information content (AvgIpc) is 3.53. The van der Waals surface area contributed by atoms with Gasteiger partial charge >= 0.3 is 0 Å².